The van der Waals surface area contributed by atoms with Crippen molar-refractivity contribution in [2.75, 3.05) is 11.1 Å². The number of nitrogens with zero attached hydrogens (tertiary/aromatic N) is 4. The highest BCUT2D eigenvalue weighted by atomic mass is 32.2. The molecule has 1 amide bonds. The SMILES string of the molecule is Cc1c(C#N)c(NC(=O)CSc2nn(-c3ccccc3)c(=S)s2)n(Cc2ccccc2)c1C. The fourth-order valence-corrected chi connectivity index (χ4v) is 5.60. The fourth-order valence-electron chi connectivity index (χ4n) is 3.44. The van der Waals surface area contributed by atoms with Crippen molar-refractivity contribution in [1.82, 2.24) is 14.3 Å². The minimum Gasteiger partial charge on any atom is -0.326 e. The van der Waals surface area contributed by atoms with E-state index in [1.165, 1.54) is 23.1 Å². The fraction of sp³-hybridized carbons (Fsp3) is 0.167. The predicted octanol–water partition coefficient (Wildman–Crippen LogP) is 5.73. The molecule has 0 aliphatic rings. The maximum atomic E-state index is 12.8. The minimum atomic E-state index is -0.198. The second-order valence-electron chi connectivity index (χ2n) is 7.34. The van der Waals surface area contributed by atoms with Gasteiger partial charge in [0.1, 0.15) is 11.9 Å². The lowest BCUT2D eigenvalue weighted by Crippen LogP contribution is -2.18. The first-order chi connectivity index (χ1) is 16.0. The molecule has 0 bridgehead atoms. The number of anilines is 1. The van der Waals surface area contributed by atoms with Gasteiger partial charge in [-0.25, -0.2) is 4.68 Å². The number of rotatable bonds is 7. The second-order valence-corrected chi connectivity index (χ2v) is 10.2. The summed E-state index contributed by atoms with van der Waals surface area (Å²) in [6, 6.07) is 21.9. The number of carbonyl (C=O) groups excluding carboxylic acids is 1. The van der Waals surface area contributed by atoms with Gasteiger partial charge in [0.25, 0.3) is 0 Å². The Morgan fingerprint density at radius 3 is 2.48 bits per heavy atom. The van der Waals surface area contributed by atoms with Crippen LogP contribution in [0.5, 0.6) is 0 Å². The van der Waals surface area contributed by atoms with Crippen LogP contribution >= 0.6 is 35.3 Å². The standard InChI is InChI=1S/C24H21N5OS3/c1-16-17(2)28(14-18-9-5-3-6-10-18)22(20(16)13-25)26-21(30)15-32-23-27-29(24(31)33-23)19-11-7-4-8-12-19/h3-12H,14-15H2,1-2H3,(H,26,30). The van der Waals surface area contributed by atoms with Crippen molar-refractivity contribution < 1.29 is 4.79 Å². The molecule has 4 aromatic rings. The number of hydrogen-bond acceptors (Lipinski definition) is 6. The monoisotopic (exact) mass is 491 g/mol. The molecule has 0 unspecified atom stereocenters. The Labute approximate surface area is 205 Å². The van der Waals surface area contributed by atoms with Gasteiger partial charge in [-0.3, -0.25) is 4.79 Å². The molecule has 0 fully saturated rings. The van der Waals surface area contributed by atoms with E-state index in [2.05, 4.69) is 16.5 Å². The lowest BCUT2D eigenvalue weighted by Gasteiger charge is -2.13. The summed E-state index contributed by atoms with van der Waals surface area (Å²) in [5, 5.41) is 17.2. The molecular weight excluding hydrogens is 470 g/mol. The van der Waals surface area contributed by atoms with Crippen LogP contribution in [0.25, 0.3) is 5.69 Å². The van der Waals surface area contributed by atoms with E-state index >= 15 is 0 Å². The van der Waals surface area contributed by atoms with E-state index in [1.54, 1.807) is 4.68 Å². The zero-order valence-corrected chi connectivity index (χ0v) is 20.6. The molecule has 0 aliphatic carbocycles. The van der Waals surface area contributed by atoms with Crippen molar-refractivity contribution >= 4 is 47.0 Å². The van der Waals surface area contributed by atoms with Gasteiger partial charge >= 0.3 is 0 Å². The number of nitriles is 1. The van der Waals surface area contributed by atoms with E-state index in [9.17, 15) is 10.1 Å². The molecule has 0 saturated carbocycles. The quantitative estimate of drug-likeness (QED) is 0.264. The van der Waals surface area contributed by atoms with Crippen LogP contribution in [-0.2, 0) is 11.3 Å². The Kier molecular flexibility index (Phi) is 7.08. The molecule has 0 radical (unpaired) electrons. The number of amides is 1. The molecule has 2 aromatic carbocycles. The predicted molar refractivity (Wildman–Crippen MR) is 136 cm³/mol. The van der Waals surface area contributed by atoms with Gasteiger partial charge in [-0.05, 0) is 49.3 Å². The van der Waals surface area contributed by atoms with Crippen LogP contribution in [0.1, 0.15) is 22.4 Å². The van der Waals surface area contributed by atoms with E-state index in [1.807, 2.05) is 79.1 Å². The largest absolute Gasteiger partial charge is 0.326 e. The Bertz CT molecular complexity index is 1380. The number of benzene rings is 2. The van der Waals surface area contributed by atoms with Gasteiger partial charge in [0.05, 0.1) is 17.0 Å². The molecule has 0 saturated heterocycles. The van der Waals surface area contributed by atoms with E-state index in [-0.39, 0.29) is 11.7 Å². The molecule has 2 aromatic heterocycles. The number of para-hydroxylation sites is 1. The summed E-state index contributed by atoms with van der Waals surface area (Å²) in [5.41, 5.74) is 4.30. The molecule has 0 spiro atoms. The third-order valence-electron chi connectivity index (χ3n) is 5.24. The van der Waals surface area contributed by atoms with Gasteiger partial charge < -0.3 is 9.88 Å². The first-order valence-electron chi connectivity index (χ1n) is 10.2. The highest BCUT2D eigenvalue weighted by Crippen LogP contribution is 2.28. The third kappa shape index (κ3) is 5.09. The van der Waals surface area contributed by atoms with E-state index in [4.69, 9.17) is 12.2 Å². The second kappa shape index (κ2) is 10.2. The summed E-state index contributed by atoms with van der Waals surface area (Å²) < 4.78 is 5.02. The van der Waals surface area contributed by atoms with E-state index in [0.717, 1.165) is 22.5 Å². The number of aromatic nitrogens is 3. The summed E-state index contributed by atoms with van der Waals surface area (Å²) >= 11 is 8.13. The van der Waals surface area contributed by atoms with Gasteiger partial charge in [-0.1, -0.05) is 71.6 Å². The highest BCUT2D eigenvalue weighted by Gasteiger charge is 2.20. The highest BCUT2D eigenvalue weighted by molar-refractivity contribution is 8.01. The van der Waals surface area contributed by atoms with Crippen molar-refractivity contribution in [1.29, 1.82) is 5.26 Å². The average molecular weight is 492 g/mol. The molecule has 0 atom stereocenters. The Hall–Kier alpha value is -3.19. The first kappa shape index (κ1) is 23.0. The normalized spacial score (nSPS) is 10.7. The molecule has 6 nitrogen and oxygen atoms in total. The summed E-state index contributed by atoms with van der Waals surface area (Å²) in [4.78, 5) is 12.8. The van der Waals surface area contributed by atoms with Gasteiger partial charge in [0, 0.05) is 12.2 Å². The zero-order valence-electron chi connectivity index (χ0n) is 18.1. The van der Waals surface area contributed by atoms with Crippen LogP contribution in [0.4, 0.5) is 5.82 Å². The third-order valence-corrected chi connectivity index (χ3v) is 7.60. The first-order valence-corrected chi connectivity index (χ1v) is 12.4. The van der Waals surface area contributed by atoms with Crippen LogP contribution in [0.15, 0.2) is 65.0 Å². The summed E-state index contributed by atoms with van der Waals surface area (Å²) in [6.07, 6.45) is 0. The molecular formula is C24H21N5OS3. The average Bonchev–Trinajstić information content (AvgIpc) is 3.31. The number of hydrogen-bond donors (Lipinski definition) is 1. The minimum absolute atomic E-state index is 0.163. The Balaban J connectivity index is 1.51. The molecule has 9 heteroatoms. The van der Waals surface area contributed by atoms with Gasteiger partial charge in [0.2, 0.25) is 5.91 Å². The molecule has 2 heterocycles. The van der Waals surface area contributed by atoms with Crippen LogP contribution in [-0.4, -0.2) is 26.0 Å². The van der Waals surface area contributed by atoms with Crippen molar-refractivity contribution in [2.45, 2.75) is 24.7 Å². The Morgan fingerprint density at radius 1 is 1.15 bits per heavy atom. The molecule has 0 aliphatic heterocycles. The van der Waals surface area contributed by atoms with Crippen LogP contribution < -0.4 is 5.32 Å². The zero-order chi connectivity index (χ0) is 23.4. The van der Waals surface area contributed by atoms with Crippen molar-refractivity contribution in [3.05, 3.63) is 87.0 Å². The van der Waals surface area contributed by atoms with Gasteiger partial charge in [-0.15, -0.1) is 5.10 Å². The van der Waals surface area contributed by atoms with Crippen LogP contribution in [0.3, 0.4) is 0 Å². The smallest absolute Gasteiger partial charge is 0.235 e. The van der Waals surface area contributed by atoms with Crippen molar-refractivity contribution in [3.63, 3.8) is 0 Å². The van der Waals surface area contributed by atoms with E-state index in [0.29, 0.717) is 26.2 Å². The maximum Gasteiger partial charge on any atom is 0.235 e. The molecule has 166 valence electrons. The number of carbonyl (C=O) groups is 1. The maximum absolute atomic E-state index is 12.8. The summed E-state index contributed by atoms with van der Waals surface area (Å²) in [6.45, 7) is 4.44. The lowest BCUT2D eigenvalue weighted by atomic mass is 10.2. The molecule has 4 rings (SSSR count). The molecule has 33 heavy (non-hydrogen) atoms. The number of thioether (sulfide) groups is 1. The topological polar surface area (TPSA) is 75.6 Å². The lowest BCUT2D eigenvalue weighted by molar-refractivity contribution is -0.113. The van der Waals surface area contributed by atoms with Crippen molar-refractivity contribution in [3.8, 4) is 11.8 Å². The van der Waals surface area contributed by atoms with E-state index < -0.39 is 0 Å². The van der Waals surface area contributed by atoms with Crippen LogP contribution in [0, 0.1) is 29.1 Å². The summed E-state index contributed by atoms with van der Waals surface area (Å²) in [5.74, 6) is 0.497. The Morgan fingerprint density at radius 2 is 1.82 bits per heavy atom. The van der Waals surface area contributed by atoms with Crippen molar-refractivity contribution in [2.24, 2.45) is 0 Å². The van der Waals surface area contributed by atoms with Gasteiger partial charge in [-0.2, -0.15) is 5.26 Å². The molecule has 1 N–H and O–H groups in total. The van der Waals surface area contributed by atoms with Gasteiger partial charge in [0.15, 0.2) is 8.29 Å². The number of nitrogens with one attached hydrogen (secondary N) is 1. The van der Waals surface area contributed by atoms with Crippen LogP contribution in [0.2, 0.25) is 0 Å². The summed E-state index contributed by atoms with van der Waals surface area (Å²) in [7, 11) is 0.